The van der Waals surface area contributed by atoms with E-state index in [-0.39, 0.29) is 12.5 Å². The summed E-state index contributed by atoms with van der Waals surface area (Å²) in [6.45, 7) is 4.94. The summed E-state index contributed by atoms with van der Waals surface area (Å²) in [5, 5.41) is 0. The predicted molar refractivity (Wildman–Crippen MR) is 109 cm³/mol. The molecular formula is C22H24N2O5. The second kappa shape index (κ2) is 8.13. The van der Waals surface area contributed by atoms with Gasteiger partial charge in [-0.3, -0.25) is 4.79 Å². The third-order valence-electron chi connectivity index (χ3n) is 5.27. The van der Waals surface area contributed by atoms with Crippen LogP contribution >= 0.6 is 0 Å². The zero-order valence-electron chi connectivity index (χ0n) is 16.6. The summed E-state index contributed by atoms with van der Waals surface area (Å²) in [5.41, 5.74) is 3.10. The van der Waals surface area contributed by atoms with E-state index in [0.717, 1.165) is 22.7 Å². The van der Waals surface area contributed by atoms with Crippen LogP contribution in [0.4, 0.5) is 11.4 Å². The molecular weight excluding hydrogens is 372 g/mol. The highest BCUT2D eigenvalue weighted by atomic mass is 16.5. The molecule has 0 spiro atoms. The number of hydrogen-bond acceptors (Lipinski definition) is 6. The summed E-state index contributed by atoms with van der Waals surface area (Å²) in [5.74, 6) is 0.0684. The number of hydrogen-bond donors (Lipinski definition) is 0. The van der Waals surface area contributed by atoms with Crippen LogP contribution in [0.5, 0.6) is 5.75 Å². The summed E-state index contributed by atoms with van der Waals surface area (Å²) in [7, 11) is 1.60. The Labute approximate surface area is 169 Å². The fraction of sp³-hybridized carbons (Fsp3) is 0.364. The minimum Gasteiger partial charge on any atom is -0.497 e. The molecule has 2 aliphatic heterocycles. The molecule has 2 heterocycles. The van der Waals surface area contributed by atoms with Crippen LogP contribution in [-0.2, 0) is 16.0 Å². The first kappa shape index (κ1) is 19.3. The van der Waals surface area contributed by atoms with Crippen LogP contribution in [0.1, 0.15) is 33.2 Å². The molecule has 1 saturated heterocycles. The van der Waals surface area contributed by atoms with Crippen LogP contribution in [0.15, 0.2) is 36.4 Å². The highest BCUT2D eigenvalue weighted by molar-refractivity contribution is 6.17. The maximum atomic E-state index is 13.4. The Hall–Kier alpha value is -3.06. The van der Waals surface area contributed by atoms with Crippen molar-refractivity contribution in [3.8, 4) is 5.75 Å². The van der Waals surface area contributed by atoms with Gasteiger partial charge >= 0.3 is 5.97 Å². The Morgan fingerprint density at radius 1 is 1.10 bits per heavy atom. The Balaban J connectivity index is 1.75. The van der Waals surface area contributed by atoms with E-state index in [9.17, 15) is 9.59 Å². The van der Waals surface area contributed by atoms with Gasteiger partial charge in [0.25, 0.3) is 5.91 Å². The van der Waals surface area contributed by atoms with E-state index in [0.29, 0.717) is 44.0 Å². The van der Waals surface area contributed by atoms with Crippen molar-refractivity contribution < 1.29 is 23.8 Å². The van der Waals surface area contributed by atoms with Crippen LogP contribution in [0.2, 0.25) is 0 Å². The summed E-state index contributed by atoms with van der Waals surface area (Å²) < 4.78 is 16.0. The molecule has 2 aromatic carbocycles. The predicted octanol–water partition coefficient (Wildman–Crippen LogP) is 2.87. The van der Waals surface area contributed by atoms with Crippen LogP contribution in [0, 0.1) is 0 Å². The maximum Gasteiger partial charge on any atom is 0.341 e. The largest absolute Gasteiger partial charge is 0.497 e. The van der Waals surface area contributed by atoms with Crippen molar-refractivity contribution in [1.29, 1.82) is 0 Å². The molecule has 0 unspecified atom stereocenters. The van der Waals surface area contributed by atoms with Crippen molar-refractivity contribution in [1.82, 2.24) is 0 Å². The number of benzene rings is 2. The van der Waals surface area contributed by atoms with Gasteiger partial charge in [-0.2, -0.15) is 0 Å². The summed E-state index contributed by atoms with van der Waals surface area (Å²) in [6.07, 6.45) is 0. The number of nitrogens with zero attached hydrogens (tertiary/aromatic N) is 2. The van der Waals surface area contributed by atoms with E-state index in [1.807, 2.05) is 36.4 Å². The van der Waals surface area contributed by atoms with Crippen molar-refractivity contribution in [3.05, 3.63) is 53.1 Å². The van der Waals surface area contributed by atoms with Crippen LogP contribution in [0.3, 0.4) is 0 Å². The van der Waals surface area contributed by atoms with Gasteiger partial charge in [0.15, 0.2) is 0 Å². The maximum absolute atomic E-state index is 13.4. The molecule has 152 valence electrons. The Kier molecular flexibility index (Phi) is 5.40. The highest BCUT2D eigenvalue weighted by Gasteiger charge is 2.36. The molecule has 0 radical (unpaired) electrons. The first-order valence-corrected chi connectivity index (χ1v) is 9.75. The lowest BCUT2D eigenvalue weighted by Gasteiger charge is -2.30. The van der Waals surface area contributed by atoms with Gasteiger partial charge in [0, 0.05) is 18.8 Å². The first-order chi connectivity index (χ1) is 14.1. The molecule has 2 aromatic rings. The van der Waals surface area contributed by atoms with Gasteiger partial charge in [-0.25, -0.2) is 4.79 Å². The molecule has 0 aromatic heterocycles. The number of methoxy groups -OCH3 is 1. The number of anilines is 2. The molecule has 0 bridgehead atoms. The lowest BCUT2D eigenvalue weighted by Crippen LogP contribution is -2.37. The number of fused-ring (bicyclic) bond motifs is 1. The van der Waals surface area contributed by atoms with Gasteiger partial charge in [0.2, 0.25) is 0 Å². The molecule has 0 saturated carbocycles. The minimum absolute atomic E-state index is 0.191. The molecule has 0 N–H and O–H groups in total. The smallest absolute Gasteiger partial charge is 0.341 e. The van der Waals surface area contributed by atoms with Gasteiger partial charge in [-0.15, -0.1) is 0 Å². The first-order valence-electron chi connectivity index (χ1n) is 9.75. The lowest BCUT2D eigenvalue weighted by atomic mass is 9.99. The van der Waals surface area contributed by atoms with Gasteiger partial charge in [-0.05, 0) is 42.8 Å². The quantitative estimate of drug-likeness (QED) is 0.724. The fourth-order valence-corrected chi connectivity index (χ4v) is 3.84. The molecule has 7 nitrogen and oxygen atoms in total. The van der Waals surface area contributed by atoms with Crippen molar-refractivity contribution in [2.75, 3.05) is 49.8 Å². The standard InChI is InChI=1S/C22H24N2O5/c1-3-29-22(26)20-18(23-10-12-28-13-11-23)9-4-15-14-24(21(25)19(15)20)16-5-7-17(27-2)8-6-16/h4-9H,3,10-14H2,1-2H3. The Bertz CT molecular complexity index is 920. The fourth-order valence-electron chi connectivity index (χ4n) is 3.84. The number of ether oxygens (including phenoxy) is 3. The Morgan fingerprint density at radius 3 is 2.48 bits per heavy atom. The summed E-state index contributed by atoms with van der Waals surface area (Å²) >= 11 is 0. The van der Waals surface area contributed by atoms with Crippen molar-refractivity contribution >= 4 is 23.3 Å². The van der Waals surface area contributed by atoms with Gasteiger partial charge < -0.3 is 24.0 Å². The van der Waals surface area contributed by atoms with E-state index >= 15 is 0 Å². The van der Waals surface area contributed by atoms with Crippen molar-refractivity contribution in [2.24, 2.45) is 0 Å². The molecule has 29 heavy (non-hydrogen) atoms. The topological polar surface area (TPSA) is 68.3 Å². The average molecular weight is 396 g/mol. The van der Waals surface area contributed by atoms with E-state index in [4.69, 9.17) is 14.2 Å². The second-order valence-electron chi connectivity index (χ2n) is 6.90. The van der Waals surface area contributed by atoms with E-state index < -0.39 is 5.97 Å². The number of esters is 1. The highest BCUT2D eigenvalue weighted by Crippen LogP contribution is 2.36. The molecule has 2 aliphatic rings. The molecule has 1 amide bonds. The molecule has 0 aliphatic carbocycles. The minimum atomic E-state index is -0.462. The molecule has 7 heteroatoms. The van der Waals surface area contributed by atoms with E-state index in [1.165, 1.54) is 0 Å². The van der Waals surface area contributed by atoms with Gasteiger partial charge in [0.1, 0.15) is 5.75 Å². The van der Waals surface area contributed by atoms with Crippen LogP contribution in [0.25, 0.3) is 0 Å². The van der Waals surface area contributed by atoms with E-state index in [2.05, 4.69) is 4.90 Å². The normalized spacial score (nSPS) is 16.0. The number of carbonyl (C=O) groups is 2. The van der Waals surface area contributed by atoms with Crippen LogP contribution in [-0.4, -0.2) is 51.9 Å². The molecule has 1 fully saturated rings. The second-order valence-corrected chi connectivity index (χ2v) is 6.90. The van der Waals surface area contributed by atoms with Crippen molar-refractivity contribution in [3.63, 3.8) is 0 Å². The van der Waals surface area contributed by atoms with E-state index in [1.54, 1.807) is 18.9 Å². The number of amides is 1. The van der Waals surface area contributed by atoms with Crippen LogP contribution < -0.4 is 14.5 Å². The SMILES string of the molecule is CCOC(=O)c1c(N2CCOCC2)ccc2c1C(=O)N(c1ccc(OC)cc1)C2. The number of carbonyl (C=O) groups excluding carboxylic acids is 2. The zero-order valence-corrected chi connectivity index (χ0v) is 16.6. The number of morpholine rings is 1. The Morgan fingerprint density at radius 2 is 1.83 bits per heavy atom. The summed E-state index contributed by atoms with van der Waals surface area (Å²) in [6, 6.07) is 11.2. The number of rotatable bonds is 5. The molecule has 0 atom stereocenters. The lowest BCUT2D eigenvalue weighted by molar-refractivity contribution is 0.0523. The average Bonchev–Trinajstić information content (AvgIpc) is 3.10. The van der Waals surface area contributed by atoms with Crippen molar-refractivity contribution in [2.45, 2.75) is 13.5 Å². The van der Waals surface area contributed by atoms with Gasteiger partial charge in [0.05, 0.1) is 50.3 Å². The van der Waals surface area contributed by atoms with Gasteiger partial charge in [-0.1, -0.05) is 6.07 Å². The summed E-state index contributed by atoms with van der Waals surface area (Å²) in [4.78, 5) is 30.0. The third-order valence-corrected chi connectivity index (χ3v) is 5.27. The zero-order chi connectivity index (χ0) is 20.4. The monoisotopic (exact) mass is 396 g/mol. The third kappa shape index (κ3) is 3.53. The molecule has 4 rings (SSSR count).